The van der Waals surface area contributed by atoms with Crippen molar-refractivity contribution in [1.29, 1.82) is 0 Å². The second kappa shape index (κ2) is 5.66. The fourth-order valence-electron chi connectivity index (χ4n) is 2.05. The second-order valence-electron chi connectivity index (χ2n) is 4.59. The molecule has 0 radical (unpaired) electrons. The van der Waals surface area contributed by atoms with E-state index >= 15 is 0 Å². The van der Waals surface area contributed by atoms with E-state index in [1.807, 2.05) is 12.1 Å². The van der Waals surface area contributed by atoms with Gasteiger partial charge in [0.1, 0.15) is 5.82 Å². The molecule has 8 heteroatoms. The molecular formula is C13H14BrN7. The highest BCUT2D eigenvalue weighted by molar-refractivity contribution is 9.10. The predicted molar refractivity (Wildman–Crippen MR) is 85.7 cm³/mol. The quantitative estimate of drug-likeness (QED) is 0.427. The first-order valence-electron chi connectivity index (χ1n) is 6.37. The minimum Gasteiger partial charge on any atom is -0.363 e. The lowest BCUT2D eigenvalue weighted by Crippen LogP contribution is -2.13. The number of hydrogen-bond acceptors (Lipinski definition) is 6. The van der Waals surface area contributed by atoms with Gasteiger partial charge in [-0.05, 0) is 24.6 Å². The minimum atomic E-state index is 0.0803. The van der Waals surface area contributed by atoms with Crippen LogP contribution in [0.25, 0.3) is 11.0 Å². The number of nitrogen functional groups attached to an aromatic ring is 1. The summed E-state index contributed by atoms with van der Waals surface area (Å²) < 4.78 is 1.05. The first-order valence-corrected chi connectivity index (χ1v) is 7.16. The summed E-state index contributed by atoms with van der Waals surface area (Å²) in [5, 5.41) is 11.0. The number of fused-ring (bicyclic) bond motifs is 1. The smallest absolute Gasteiger partial charge is 0.241 e. The lowest BCUT2D eigenvalue weighted by atomic mass is 10.1. The van der Waals surface area contributed by atoms with Crippen molar-refractivity contribution in [1.82, 2.24) is 20.2 Å². The highest BCUT2D eigenvalue weighted by Crippen LogP contribution is 2.25. The van der Waals surface area contributed by atoms with Crippen LogP contribution in [0.15, 0.2) is 34.9 Å². The van der Waals surface area contributed by atoms with Gasteiger partial charge in [-0.3, -0.25) is 10.5 Å². The van der Waals surface area contributed by atoms with Crippen molar-refractivity contribution in [3.63, 3.8) is 0 Å². The Kier molecular flexibility index (Phi) is 3.72. The number of aromatic amines is 1. The number of nitrogens with one attached hydrogen (secondary N) is 3. The Bertz CT molecular complexity index is 753. The van der Waals surface area contributed by atoms with Gasteiger partial charge in [-0.1, -0.05) is 28.1 Å². The fourth-order valence-corrected chi connectivity index (χ4v) is 2.31. The lowest BCUT2D eigenvalue weighted by molar-refractivity contribution is 0.875. The standard InChI is InChI=1S/C13H14BrN7/c1-7(8-2-4-9(14)5-3-8)17-11-10-6-16-21-12(10)19-13(18-11)20-15/h2-7H,15H2,1H3,(H3,16,17,18,19,20,21). The zero-order chi connectivity index (χ0) is 14.8. The number of benzene rings is 1. The van der Waals surface area contributed by atoms with Crippen molar-refractivity contribution < 1.29 is 0 Å². The molecule has 1 unspecified atom stereocenters. The number of halogens is 1. The van der Waals surface area contributed by atoms with Crippen LogP contribution in [0.4, 0.5) is 11.8 Å². The number of anilines is 2. The molecule has 0 saturated heterocycles. The van der Waals surface area contributed by atoms with Gasteiger partial charge in [-0.15, -0.1) is 0 Å². The van der Waals surface area contributed by atoms with E-state index in [2.05, 4.69) is 65.9 Å². The zero-order valence-electron chi connectivity index (χ0n) is 11.3. The highest BCUT2D eigenvalue weighted by atomic mass is 79.9. The molecule has 0 aliphatic rings. The van der Waals surface area contributed by atoms with Gasteiger partial charge in [0.2, 0.25) is 5.95 Å². The van der Waals surface area contributed by atoms with Crippen molar-refractivity contribution >= 4 is 38.7 Å². The summed E-state index contributed by atoms with van der Waals surface area (Å²) in [5.74, 6) is 6.40. The summed E-state index contributed by atoms with van der Waals surface area (Å²) in [7, 11) is 0. The molecule has 108 valence electrons. The van der Waals surface area contributed by atoms with Crippen LogP contribution in [-0.2, 0) is 0 Å². The van der Waals surface area contributed by atoms with Crippen LogP contribution in [-0.4, -0.2) is 20.2 Å². The van der Waals surface area contributed by atoms with Crippen molar-refractivity contribution in [3.8, 4) is 0 Å². The minimum absolute atomic E-state index is 0.0803. The maximum atomic E-state index is 5.39. The van der Waals surface area contributed by atoms with E-state index in [0.717, 1.165) is 15.4 Å². The van der Waals surface area contributed by atoms with Crippen molar-refractivity contribution in [2.75, 3.05) is 10.7 Å². The first-order chi connectivity index (χ1) is 10.2. The average Bonchev–Trinajstić information content (AvgIpc) is 2.96. The maximum absolute atomic E-state index is 5.39. The molecule has 0 amide bonds. The number of rotatable bonds is 4. The summed E-state index contributed by atoms with van der Waals surface area (Å²) in [4.78, 5) is 8.54. The highest BCUT2D eigenvalue weighted by Gasteiger charge is 2.12. The van der Waals surface area contributed by atoms with Gasteiger partial charge >= 0.3 is 0 Å². The number of hydrazine groups is 1. The lowest BCUT2D eigenvalue weighted by Gasteiger charge is -2.16. The molecular weight excluding hydrogens is 334 g/mol. The molecule has 5 N–H and O–H groups in total. The normalized spacial score (nSPS) is 12.3. The Balaban J connectivity index is 1.93. The number of nitrogens with zero attached hydrogens (tertiary/aromatic N) is 3. The molecule has 0 spiro atoms. The molecule has 1 aromatic carbocycles. The summed E-state index contributed by atoms with van der Waals surface area (Å²) in [6.45, 7) is 2.06. The van der Waals surface area contributed by atoms with Crippen molar-refractivity contribution in [2.45, 2.75) is 13.0 Å². The van der Waals surface area contributed by atoms with Gasteiger partial charge in [-0.2, -0.15) is 15.1 Å². The topological polar surface area (TPSA) is 105 Å². The molecule has 0 fully saturated rings. The van der Waals surface area contributed by atoms with Gasteiger partial charge in [-0.25, -0.2) is 5.84 Å². The molecule has 3 rings (SSSR count). The summed E-state index contributed by atoms with van der Waals surface area (Å²) in [6.07, 6.45) is 1.69. The van der Waals surface area contributed by atoms with E-state index in [1.54, 1.807) is 6.20 Å². The van der Waals surface area contributed by atoms with Gasteiger partial charge in [0, 0.05) is 10.5 Å². The van der Waals surface area contributed by atoms with Crippen molar-refractivity contribution in [2.24, 2.45) is 5.84 Å². The average molecular weight is 348 g/mol. The number of hydrogen-bond donors (Lipinski definition) is 4. The van der Waals surface area contributed by atoms with Crippen LogP contribution in [0.5, 0.6) is 0 Å². The molecule has 0 bridgehead atoms. The van der Waals surface area contributed by atoms with Gasteiger partial charge < -0.3 is 5.32 Å². The Morgan fingerprint density at radius 2 is 2.00 bits per heavy atom. The molecule has 2 heterocycles. The van der Waals surface area contributed by atoms with Crippen LogP contribution in [0, 0.1) is 0 Å². The molecule has 21 heavy (non-hydrogen) atoms. The number of aromatic nitrogens is 4. The van der Waals surface area contributed by atoms with Crippen LogP contribution in [0.1, 0.15) is 18.5 Å². The first kappa shape index (κ1) is 13.8. The van der Waals surface area contributed by atoms with E-state index in [0.29, 0.717) is 17.4 Å². The zero-order valence-corrected chi connectivity index (χ0v) is 12.8. The number of nitrogens with two attached hydrogens (primary N) is 1. The van der Waals surface area contributed by atoms with E-state index in [-0.39, 0.29) is 6.04 Å². The third-order valence-corrected chi connectivity index (χ3v) is 3.69. The molecule has 2 aromatic heterocycles. The molecule has 0 saturated carbocycles. The molecule has 3 aromatic rings. The van der Waals surface area contributed by atoms with Crippen molar-refractivity contribution in [3.05, 3.63) is 40.5 Å². The van der Waals surface area contributed by atoms with E-state index in [4.69, 9.17) is 5.84 Å². The fraction of sp³-hybridized carbons (Fsp3) is 0.154. The second-order valence-corrected chi connectivity index (χ2v) is 5.51. The van der Waals surface area contributed by atoms with Gasteiger partial charge in [0.15, 0.2) is 5.65 Å². The van der Waals surface area contributed by atoms with Crippen LogP contribution < -0.4 is 16.6 Å². The Labute approximate surface area is 129 Å². The van der Waals surface area contributed by atoms with Crippen LogP contribution >= 0.6 is 15.9 Å². The van der Waals surface area contributed by atoms with Gasteiger partial charge in [0.05, 0.1) is 11.6 Å². The maximum Gasteiger partial charge on any atom is 0.241 e. The van der Waals surface area contributed by atoms with Gasteiger partial charge in [0.25, 0.3) is 0 Å². The summed E-state index contributed by atoms with van der Waals surface area (Å²) in [5.41, 5.74) is 4.23. The Morgan fingerprint density at radius 1 is 1.24 bits per heavy atom. The monoisotopic (exact) mass is 347 g/mol. The molecule has 1 atom stereocenters. The van der Waals surface area contributed by atoms with E-state index < -0.39 is 0 Å². The molecule has 0 aliphatic carbocycles. The third kappa shape index (κ3) is 2.81. The largest absolute Gasteiger partial charge is 0.363 e. The summed E-state index contributed by atoms with van der Waals surface area (Å²) in [6, 6.07) is 8.20. The third-order valence-electron chi connectivity index (χ3n) is 3.16. The van der Waals surface area contributed by atoms with Crippen LogP contribution in [0.2, 0.25) is 0 Å². The molecule has 0 aliphatic heterocycles. The summed E-state index contributed by atoms with van der Waals surface area (Å²) >= 11 is 3.43. The van der Waals surface area contributed by atoms with E-state index in [9.17, 15) is 0 Å². The Hall–Kier alpha value is -2.19. The Morgan fingerprint density at radius 3 is 2.71 bits per heavy atom. The van der Waals surface area contributed by atoms with E-state index in [1.165, 1.54) is 0 Å². The SMILES string of the molecule is CC(Nc1nc(NN)nc2[nH]ncc12)c1ccc(Br)cc1. The predicted octanol–water partition coefficient (Wildman–Crippen LogP) is 2.57. The van der Waals surface area contributed by atoms with Crippen LogP contribution in [0.3, 0.4) is 0 Å². The number of H-pyrrole nitrogens is 1. The molecule has 7 nitrogen and oxygen atoms in total.